The van der Waals surface area contributed by atoms with Crippen molar-refractivity contribution in [1.29, 1.82) is 0 Å². The number of hydrogen-bond donors (Lipinski definition) is 0. The molecule has 8 nitrogen and oxygen atoms in total. The maximum absolute atomic E-state index is 6.15. The molecule has 15 rings (SSSR count). The van der Waals surface area contributed by atoms with Crippen LogP contribution in [0.3, 0.4) is 0 Å². The van der Waals surface area contributed by atoms with Gasteiger partial charge in [-0.25, -0.2) is 24.9 Å². The summed E-state index contributed by atoms with van der Waals surface area (Å²) < 4.78 is 14.7. The summed E-state index contributed by atoms with van der Waals surface area (Å²) in [5.41, 5.74) is 10.9. The minimum atomic E-state index is 0.570. The molecule has 71 heavy (non-hydrogen) atoms. The maximum atomic E-state index is 6.15. The summed E-state index contributed by atoms with van der Waals surface area (Å²) in [6.45, 7) is 0. The molecule has 0 saturated carbocycles. The molecule has 0 spiro atoms. The molecule has 0 aliphatic rings. The van der Waals surface area contributed by atoms with Gasteiger partial charge in [-0.2, -0.15) is 0 Å². The Morgan fingerprint density at radius 3 is 1.38 bits per heavy atom. The van der Waals surface area contributed by atoms with Crippen molar-refractivity contribution >= 4 is 87.1 Å². The Bertz CT molecular complexity index is 4420. The Kier molecular flexibility index (Phi) is 8.49. The Hall–Kier alpha value is -9.79. The van der Waals surface area contributed by atoms with Gasteiger partial charge in [-0.3, -0.25) is 0 Å². The van der Waals surface area contributed by atoms with E-state index in [1.807, 2.05) is 48.5 Å². The van der Waals surface area contributed by atoms with Crippen molar-refractivity contribution in [3.63, 3.8) is 0 Å². The second-order valence-electron chi connectivity index (χ2n) is 18.0. The standard InChI is InChI=1S/C63H36N6O2/c1-2-13-46(14-3-1)69-53-31-30-37-12-4-5-15-47(37)57(53)58-49-17-7-6-16-48(49)50(36-54(58)69)61-67-59(42-26-22-40-34-44(28-24-38(40)32-42)62-64-51-18-8-10-20-55(51)70-62)66-60(68-61)43-27-23-41-35-45(29-25-39(41)33-43)63-65-52-19-9-11-21-56(52)71-63/h1-36H. The van der Waals surface area contributed by atoms with Crippen LogP contribution in [0, 0.1) is 0 Å². The Morgan fingerprint density at radius 2 is 0.775 bits per heavy atom. The van der Waals surface area contributed by atoms with Crippen LogP contribution in [0.4, 0.5) is 0 Å². The highest BCUT2D eigenvalue weighted by molar-refractivity contribution is 6.30. The highest BCUT2D eigenvalue weighted by atomic mass is 16.4. The Labute approximate surface area is 404 Å². The molecule has 0 unspecified atom stereocenters. The van der Waals surface area contributed by atoms with E-state index in [1.54, 1.807) is 0 Å². The number of para-hydroxylation sites is 5. The van der Waals surface area contributed by atoms with Gasteiger partial charge >= 0.3 is 0 Å². The monoisotopic (exact) mass is 908 g/mol. The summed E-state index contributed by atoms with van der Waals surface area (Å²) in [5, 5.41) is 11.2. The topological polar surface area (TPSA) is 95.7 Å². The van der Waals surface area contributed by atoms with Crippen molar-refractivity contribution in [2.75, 3.05) is 0 Å². The van der Waals surface area contributed by atoms with Crippen LogP contribution in [0.15, 0.2) is 227 Å². The van der Waals surface area contributed by atoms with Crippen LogP contribution < -0.4 is 0 Å². The molecule has 0 bridgehead atoms. The molecule has 0 saturated heterocycles. The van der Waals surface area contributed by atoms with Crippen LogP contribution in [-0.2, 0) is 0 Å². The predicted molar refractivity (Wildman–Crippen MR) is 287 cm³/mol. The molecule has 4 aromatic heterocycles. The van der Waals surface area contributed by atoms with Crippen LogP contribution in [0.1, 0.15) is 0 Å². The van der Waals surface area contributed by atoms with E-state index in [2.05, 4.69) is 174 Å². The van der Waals surface area contributed by atoms with E-state index in [1.165, 1.54) is 21.5 Å². The third kappa shape index (κ3) is 6.35. The quantitative estimate of drug-likeness (QED) is 0.164. The first kappa shape index (κ1) is 39.2. The van der Waals surface area contributed by atoms with Crippen LogP contribution in [0.5, 0.6) is 0 Å². The molecular weight excluding hydrogens is 873 g/mol. The first-order valence-corrected chi connectivity index (χ1v) is 23.6. The molecule has 330 valence electrons. The lowest BCUT2D eigenvalue weighted by molar-refractivity contribution is 0.619. The van der Waals surface area contributed by atoms with Gasteiger partial charge in [0.2, 0.25) is 11.8 Å². The number of oxazole rings is 2. The van der Waals surface area contributed by atoms with E-state index >= 15 is 0 Å². The molecular formula is C63H36N6O2. The van der Waals surface area contributed by atoms with Gasteiger partial charge in [0.1, 0.15) is 11.0 Å². The lowest BCUT2D eigenvalue weighted by Gasteiger charge is -2.13. The average molecular weight is 909 g/mol. The Morgan fingerprint density at radius 1 is 0.310 bits per heavy atom. The van der Waals surface area contributed by atoms with E-state index in [4.69, 9.17) is 33.8 Å². The van der Waals surface area contributed by atoms with Gasteiger partial charge in [0.15, 0.2) is 28.6 Å². The highest BCUT2D eigenvalue weighted by Crippen LogP contribution is 2.44. The molecule has 0 aliphatic carbocycles. The zero-order valence-corrected chi connectivity index (χ0v) is 37.8. The van der Waals surface area contributed by atoms with Crippen LogP contribution >= 0.6 is 0 Å². The normalized spacial score (nSPS) is 11.9. The number of hydrogen-bond acceptors (Lipinski definition) is 7. The number of fused-ring (bicyclic) bond motifs is 11. The van der Waals surface area contributed by atoms with Crippen molar-refractivity contribution in [3.05, 3.63) is 218 Å². The van der Waals surface area contributed by atoms with Gasteiger partial charge in [0.25, 0.3) is 0 Å². The van der Waals surface area contributed by atoms with Gasteiger partial charge in [0.05, 0.1) is 11.0 Å². The van der Waals surface area contributed by atoms with Gasteiger partial charge in [-0.15, -0.1) is 0 Å². The summed E-state index contributed by atoms with van der Waals surface area (Å²) >= 11 is 0. The second kappa shape index (κ2) is 15.4. The number of benzene rings is 11. The lowest BCUT2D eigenvalue weighted by atomic mass is 9.96. The molecule has 8 heteroatoms. The lowest BCUT2D eigenvalue weighted by Crippen LogP contribution is -2.01. The van der Waals surface area contributed by atoms with Gasteiger partial charge in [-0.1, -0.05) is 133 Å². The molecule has 11 aromatic carbocycles. The molecule has 15 aromatic rings. The van der Waals surface area contributed by atoms with Crippen LogP contribution in [0.2, 0.25) is 0 Å². The van der Waals surface area contributed by atoms with Crippen molar-refractivity contribution in [2.45, 2.75) is 0 Å². The van der Waals surface area contributed by atoms with Crippen LogP contribution in [-0.4, -0.2) is 29.5 Å². The SMILES string of the molecule is c1ccc(-n2c3ccc4ccccc4c3c3c4ccccc4c(-c4nc(-c5ccc6cc(-c7nc8ccccc8o7)ccc6c5)nc(-c5ccc6cc(-c7nc8ccccc8o7)ccc6c5)n4)cc32)cc1. The zero-order chi connectivity index (χ0) is 46.6. The first-order chi connectivity index (χ1) is 35.1. The summed E-state index contributed by atoms with van der Waals surface area (Å²) in [6, 6.07) is 75.7. The minimum Gasteiger partial charge on any atom is -0.436 e. The predicted octanol–water partition coefficient (Wildman–Crippen LogP) is 16.2. The summed E-state index contributed by atoms with van der Waals surface area (Å²) in [5.74, 6) is 2.90. The van der Waals surface area contributed by atoms with Crippen molar-refractivity contribution in [2.24, 2.45) is 0 Å². The van der Waals surface area contributed by atoms with Gasteiger partial charge in [0, 0.05) is 44.3 Å². The molecule has 0 aliphatic heterocycles. The summed E-state index contributed by atoms with van der Waals surface area (Å²) in [6.07, 6.45) is 0. The molecule has 0 radical (unpaired) electrons. The largest absolute Gasteiger partial charge is 0.436 e. The smallest absolute Gasteiger partial charge is 0.227 e. The van der Waals surface area contributed by atoms with E-state index < -0.39 is 0 Å². The maximum Gasteiger partial charge on any atom is 0.227 e. The van der Waals surface area contributed by atoms with E-state index in [0.29, 0.717) is 29.3 Å². The Balaban J connectivity index is 0.938. The van der Waals surface area contributed by atoms with Crippen molar-refractivity contribution in [3.8, 4) is 62.8 Å². The van der Waals surface area contributed by atoms with E-state index in [9.17, 15) is 0 Å². The fraction of sp³-hybridized carbons (Fsp3) is 0. The molecule has 0 atom stereocenters. The van der Waals surface area contributed by atoms with E-state index in [-0.39, 0.29) is 0 Å². The van der Waals surface area contributed by atoms with Gasteiger partial charge < -0.3 is 13.4 Å². The molecule has 0 N–H and O–H groups in total. The van der Waals surface area contributed by atoms with Crippen molar-refractivity contribution < 1.29 is 8.83 Å². The van der Waals surface area contributed by atoms with Gasteiger partial charge in [-0.05, 0) is 128 Å². The third-order valence-electron chi connectivity index (χ3n) is 13.8. The minimum absolute atomic E-state index is 0.570. The van der Waals surface area contributed by atoms with E-state index in [0.717, 1.165) is 99.1 Å². The van der Waals surface area contributed by atoms with Crippen LogP contribution in [0.25, 0.3) is 150 Å². The third-order valence-corrected chi connectivity index (χ3v) is 13.8. The molecule has 4 heterocycles. The molecule has 0 amide bonds. The number of rotatable bonds is 6. The number of nitrogens with zero attached hydrogens (tertiary/aromatic N) is 6. The van der Waals surface area contributed by atoms with Crippen molar-refractivity contribution in [1.82, 2.24) is 29.5 Å². The fourth-order valence-corrected chi connectivity index (χ4v) is 10.5. The second-order valence-corrected chi connectivity index (χ2v) is 18.0. The summed E-state index contributed by atoms with van der Waals surface area (Å²) in [4.78, 5) is 25.6. The first-order valence-electron chi connectivity index (χ1n) is 23.6. The summed E-state index contributed by atoms with van der Waals surface area (Å²) in [7, 11) is 0. The average Bonchev–Trinajstić information content (AvgIpc) is 4.17. The zero-order valence-electron chi connectivity index (χ0n) is 37.8. The fourth-order valence-electron chi connectivity index (χ4n) is 10.5. The number of aromatic nitrogens is 6. The highest BCUT2D eigenvalue weighted by Gasteiger charge is 2.22. The molecule has 0 fully saturated rings.